The zero-order valence-corrected chi connectivity index (χ0v) is 25.2. The third-order valence-electron chi connectivity index (χ3n) is 8.01. The Morgan fingerprint density at radius 3 is 2.33 bits per heavy atom. The number of anilines is 1. The Morgan fingerprint density at radius 1 is 1.14 bits per heavy atom. The molecule has 5 heteroatoms. The summed E-state index contributed by atoms with van der Waals surface area (Å²) in [7, 11) is 0. The van der Waals surface area contributed by atoms with E-state index in [0.717, 1.165) is 44.1 Å². The number of aromatic hydroxyl groups is 1. The van der Waals surface area contributed by atoms with E-state index in [4.69, 9.17) is 27.9 Å². The maximum atomic E-state index is 10.7. The lowest BCUT2D eigenvalue weighted by Crippen LogP contribution is -2.34. The van der Waals surface area contributed by atoms with Gasteiger partial charge in [-0.2, -0.15) is 0 Å². The first-order valence-electron chi connectivity index (χ1n) is 13.6. The first kappa shape index (κ1) is 30.8. The number of benzene rings is 1. The van der Waals surface area contributed by atoms with Crippen molar-refractivity contribution in [1.29, 1.82) is 0 Å². The zero-order valence-electron chi connectivity index (χ0n) is 23.7. The molecule has 0 aromatic heterocycles. The Hall–Kier alpha value is -1.42. The maximum absolute atomic E-state index is 10.7. The molecule has 3 nitrogen and oxygen atoms in total. The van der Waals surface area contributed by atoms with Crippen molar-refractivity contribution in [2.24, 2.45) is 10.8 Å². The summed E-state index contributed by atoms with van der Waals surface area (Å²) in [6, 6.07) is 1.72. The van der Waals surface area contributed by atoms with Crippen LogP contribution in [0, 0.1) is 10.8 Å². The molecule has 1 aromatic rings. The van der Waals surface area contributed by atoms with Crippen LogP contribution in [0.25, 0.3) is 0 Å². The van der Waals surface area contributed by atoms with E-state index in [0.29, 0.717) is 22.8 Å². The molecule has 0 fully saturated rings. The van der Waals surface area contributed by atoms with Crippen LogP contribution in [-0.4, -0.2) is 17.3 Å². The van der Waals surface area contributed by atoms with E-state index in [9.17, 15) is 5.11 Å². The SMILES string of the molecule is C=C(Nc1cc(Cl)c(CC)c(Cl)c1O)C(CCCC)OC1CC=C(C(C)(C)CC)C=C1C(C)(C)CC. The number of hydrogen-bond donors (Lipinski definition) is 2. The van der Waals surface area contributed by atoms with Crippen molar-refractivity contribution >= 4 is 28.9 Å². The average molecular weight is 537 g/mol. The van der Waals surface area contributed by atoms with Crippen LogP contribution < -0.4 is 5.32 Å². The number of halogens is 2. The summed E-state index contributed by atoms with van der Waals surface area (Å²) in [5.41, 5.74) is 4.79. The summed E-state index contributed by atoms with van der Waals surface area (Å²) in [6.07, 6.45) is 11.0. The summed E-state index contributed by atoms with van der Waals surface area (Å²) in [5, 5.41) is 14.8. The summed E-state index contributed by atoms with van der Waals surface area (Å²) >= 11 is 12.9. The van der Waals surface area contributed by atoms with Gasteiger partial charge in [0, 0.05) is 10.7 Å². The van der Waals surface area contributed by atoms with Crippen LogP contribution in [0.5, 0.6) is 5.75 Å². The molecule has 1 aliphatic rings. The van der Waals surface area contributed by atoms with Gasteiger partial charge in [-0.3, -0.25) is 0 Å². The topological polar surface area (TPSA) is 41.5 Å². The molecule has 2 N–H and O–H groups in total. The Morgan fingerprint density at radius 2 is 1.78 bits per heavy atom. The Balaban J connectivity index is 2.36. The second kappa shape index (κ2) is 12.9. The lowest BCUT2D eigenvalue weighted by atomic mass is 9.71. The molecule has 0 aliphatic heterocycles. The van der Waals surface area contributed by atoms with Crippen LogP contribution in [-0.2, 0) is 11.2 Å². The van der Waals surface area contributed by atoms with Crippen LogP contribution in [0.1, 0.15) is 99.5 Å². The van der Waals surface area contributed by atoms with Gasteiger partial charge >= 0.3 is 0 Å². The number of phenolic OH excluding ortho intramolecular Hbond substituents is 1. The van der Waals surface area contributed by atoms with Crippen molar-refractivity contribution in [2.45, 2.75) is 113 Å². The number of phenols is 1. The summed E-state index contributed by atoms with van der Waals surface area (Å²) in [4.78, 5) is 0. The third kappa shape index (κ3) is 7.11. The molecule has 0 amide bonds. The molecule has 36 heavy (non-hydrogen) atoms. The molecule has 2 unspecified atom stereocenters. The van der Waals surface area contributed by atoms with E-state index < -0.39 is 0 Å². The third-order valence-corrected chi connectivity index (χ3v) is 8.76. The highest BCUT2D eigenvalue weighted by atomic mass is 35.5. The van der Waals surface area contributed by atoms with E-state index in [1.165, 1.54) is 11.1 Å². The highest BCUT2D eigenvalue weighted by Crippen LogP contribution is 2.44. The van der Waals surface area contributed by atoms with Crippen molar-refractivity contribution in [3.8, 4) is 5.75 Å². The standard InChI is InChI=1S/C31H47Cl2NO2/c1-10-14-15-26(20(5)34-25-19-24(32)22(11-2)28(33)29(25)35)36-27-17-16-21(30(6,7)12-3)18-23(27)31(8,9)13-4/h16,18-19,26-27,34-35H,5,10-15,17H2,1-4,6-9H3. The monoisotopic (exact) mass is 535 g/mol. The average Bonchev–Trinajstić information content (AvgIpc) is 2.84. The molecule has 0 spiro atoms. The molecule has 0 heterocycles. The van der Waals surface area contributed by atoms with Crippen molar-refractivity contribution < 1.29 is 9.84 Å². The van der Waals surface area contributed by atoms with Gasteiger partial charge in [-0.25, -0.2) is 0 Å². The van der Waals surface area contributed by atoms with E-state index in [2.05, 4.69) is 72.5 Å². The summed E-state index contributed by atoms with van der Waals surface area (Å²) < 4.78 is 6.85. The van der Waals surface area contributed by atoms with Gasteiger partial charge < -0.3 is 15.2 Å². The second-order valence-corrected chi connectivity index (χ2v) is 12.1. The molecule has 1 aromatic carbocycles. The van der Waals surface area contributed by atoms with Crippen LogP contribution >= 0.6 is 23.2 Å². The Labute approximate surface area is 230 Å². The van der Waals surface area contributed by atoms with Gasteiger partial charge in [0.2, 0.25) is 0 Å². The van der Waals surface area contributed by atoms with E-state index >= 15 is 0 Å². The van der Waals surface area contributed by atoms with Gasteiger partial charge in [0.05, 0.1) is 22.9 Å². The summed E-state index contributed by atoms with van der Waals surface area (Å²) in [5.74, 6) is -0.00644. The first-order valence-corrected chi connectivity index (χ1v) is 14.3. The number of unbranched alkanes of at least 4 members (excludes halogenated alkanes) is 1. The lowest BCUT2D eigenvalue weighted by Gasteiger charge is -2.39. The summed E-state index contributed by atoms with van der Waals surface area (Å²) in [6.45, 7) is 22.2. The van der Waals surface area contributed by atoms with Crippen molar-refractivity contribution in [1.82, 2.24) is 0 Å². The maximum Gasteiger partial charge on any atom is 0.158 e. The minimum Gasteiger partial charge on any atom is -0.504 e. The number of hydrogen-bond acceptors (Lipinski definition) is 3. The number of ether oxygens (including phenoxy) is 1. The highest BCUT2D eigenvalue weighted by molar-refractivity contribution is 6.37. The van der Waals surface area contributed by atoms with Crippen LogP contribution in [0.3, 0.4) is 0 Å². The smallest absolute Gasteiger partial charge is 0.158 e. The fourth-order valence-corrected chi connectivity index (χ4v) is 5.28. The number of allylic oxidation sites excluding steroid dienone is 2. The van der Waals surface area contributed by atoms with Crippen LogP contribution in [0.15, 0.2) is 41.6 Å². The predicted molar refractivity (Wildman–Crippen MR) is 157 cm³/mol. The minimum atomic E-state index is -0.219. The molecule has 2 rings (SSSR count). The fourth-order valence-electron chi connectivity index (χ4n) is 4.55. The molecule has 1 aliphatic carbocycles. The fraction of sp³-hybridized carbons (Fsp3) is 0.613. The molecule has 0 radical (unpaired) electrons. The quantitative estimate of drug-likeness (QED) is 0.246. The molecule has 0 saturated heterocycles. The largest absolute Gasteiger partial charge is 0.504 e. The first-order chi connectivity index (χ1) is 16.8. The van der Waals surface area contributed by atoms with E-state index in [1.807, 2.05) is 6.92 Å². The normalized spacial score (nSPS) is 17.4. The molecule has 0 bridgehead atoms. The van der Waals surface area contributed by atoms with E-state index in [1.54, 1.807) is 6.07 Å². The minimum absolute atomic E-state index is 0.00644. The van der Waals surface area contributed by atoms with Gasteiger partial charge in [0.1, 0.15) is 0 Å². The molecule has 0 saturated carbocycles. The van der Waals surface area contributed by atoms with Crippen molar-refractivity contribution in [3.05, 3.63) is 57.2 Å². The molecular weight excluding hydrogens is 489 g/mol. The molecular formula is C31H47Cl2NO2. The Bertz CT molecular complexity index is 991. The van der Waals surface area contributed by atoms with Gasteiger partial charge in [0.25, 0.3) is 0 Å². The second-order valence-electron chi connectivity index (χ2n) is 11.3. The van der Waals surface area contributed by atoms with E-state index in [-0.39, 0.29) is 33.8 Å². The zero-order chi connectivity index (χ0) is 27.3. The van der Waals surface area contributed by atoms with Gasteiger partial charge in [0.15, 0.2) is 5.75 Å². The lowest BCUT2D eigenvalue weighted by molar-refractivity contribution is 0.0136. The molecule has 2 atom stereocenters. The van der Waals surface area contributed by atoms with Gasteiger partial charge in [-0.15, -0.1) is 0 Å². The van der Waals surface area contributed by atoms with Crippen molar-refractivity contribution in [2.75, 3.05) is 5.32 Å². The van der Waals surface area contributed by atoms with Gasteiger partial charge in [-0.05, 0) is 65.7 Å². The van der Waals surface area contributed by atoms with Crippen molar-refractivity contribution in [3.63, 3.8) is 0 Å². The van der Waals surface area contributed by atoms with Crippen LogP contribution in [0.2, 0.25) is 10.0 Å². The predicted octanol–water partition coefficient (Wildman–Crippen LogP) is 10.3. The van der Waals surface area contributed by atoms with Gasteiger partial charge in [-0.1, -0.05) is 110 Å². The Kier molecular flexibility index (Phi) is 11.0. The van der Waals surface area contributed by atoms with Crippen LogP contribution in [0.4, 0.5) is 5.69 Å². The number of rotatable bonds is 13. The number of nitrogens with one attached hydrogen (secondary N) is 1. The highest BCUT2D eigenvalue weighted by Gasteiger charge is 2.35. The molecule has 202 valence electrons.